The lowest BCUT2D eigenvalue weighted by Crippen LogP contribution is -1.95. The molecule has 0 spiro atoms. The van der Waals surface area contributed by atoms with Gasteiger partial charge in [0.1, 0.15) is 5.75 Å². The Hall–Kier alpha value is -2.52. The second-order valence-electron chi connectivity index (χ2n) is 5.72. The summed E-state index contributed by atoms with van der Waals surface area (Å²) in [6.45, 7) is 3.02. The summed E-state index contributed by atoms with van der Waals surface area (Å²) in [6.07, 6.45) is 3.75. The van der Waals surface area contributed by atoms with Crippen molar-refractivity contribution in [3.63, 3.8) is 0 Å². The topological polar surface area (TPSA) is 27.1 Å². The Bertz CT molecular complexity index is 1040. The SMILES string of the molecule is CCn1c2cnccc2c2cc(Cl)cc(-c3ccc(OC)cc3)c21. The maximum Gasteiger partial charge on any atom is 0.118 e. The number of halogens is 1. The average Bonchev–Trinajstić information content (AvgIpc) is 2.95. The highest BCUT2D eigenvalue weighted by Crippen LogP contribution is 2.38. The van der Waals surface area contributed by atoms with Gasteiger partial charge in [0.15, 0.2) is 0 Å². The molecule has 2 aromatic heterocycles. The monoisotopic (exact) mass is 336 g/mol. The molecule has 0 aliphatic carbocycles. The van der Waals surface area contributed by atoms with E-state index in [2.05, 4.69) is 34.7 Å². The maximum absolute atomic E-state index is 6.44. The highest BCUT2D eigenvalue weighted by Gasteiger charge is 2.15. The van der Waals surface area contributed by atoms with Crippen molar-refractivity contribution in [2.24, 2.45) is 0 Å². The van der Waals surface area contributed by atoms with Crippen LogP contribution in [0.5, 0.6) is 5.75 Å². The molecule has 0 unspecified atom stereocenters. The van der Waals surface area contributed by atoms with Gasteiger partial charge in [-0.05, 0) is 42.8 Å². The van der Waals surface area contributed by atoms with E-state index in [0.717, 1.165) is 39.3 Å². The molecular weight excluding hydrogens is 320 g/mol. The Labute approximate surface area is 145 Å². The van der Waals surface area contributed by atoms with E-state index in [0.29, 0.717) is 0 Å². The molecule has 0 saturated heterocycles. The summed E-state index contributed by atoms with van der Waals surface area (Å²) in [6, 6.07) is 14.2. The molecule has 24 heavy (non-hydrogen) atoms. The van der Waals surface area contributed by atoms with Crippen molar-refractivity contribution in [3.8, 4) is 16.9 Å². The first-order valence-electron chi connectivity index (χ1n) is 7.93. The highest BCUT2D eigenvalue weighted by atomic mass is 35.5. The Kier molecular flexibility index (Phi) is 3.66. The zero-order chi connectivity index (χ0) is 16.7. The molecule has 0 atom stereocenters. The van der Waals surface area contributed by atoms with Crippen molar-refractivity contribution in [2.45, 2.75) is 13.5 Å². The second kappa shape index (κ2) is 5.84. The number of benzene rings is 2. The van der Waals surface area contributed by atoms with Crippen LogP contribution in [0, 0.1) is 0 Å². The molecule has 0 aliphatic heterocycles. The lowest BCUT2D eigenvalue weighted by molar-refractivity contribution is 0.415. The molecule has 120 valence electrons. The molecule has 4 heteroatoms. The fraction of sp³-hybridized carbons (Fsp3) is 0.150. The maximum atomic E-state index is 6.44. The van der Waals surface area contributed by atoms with Crippen molar-refractivity contribution >= 4 is 33.4 Å². The minimum Gasteiger partial charge on any atom is -0.497 e. The largest absolute Gasteiger partial charge is 0.497 e. The van der Waals surface area contributed by atoms with Gasteiger partial charge < -0.3 is 9.30 Å². The summed E-state index contributed by atoms with van der Waals surface area (Å²) in [5.74, 6) is 0.845. The third kappa shape index (κ3) is 2.24. The predicted octanol–water partition coefficient (Wildman–Crippen LogP) is 5.54. The van der Waals surface area contributed by atoms with Crippen LogP contribution in [0.4, 0.5) is 0 Å². The van der Waals surface area contributed by atoms with Gasteiger partial charge >= 0.3 is 0 Å². The van der Waals surface area contributed by atoms with Crippen LogP contribution >= 0.6 is 11.6 Å². The molecule has 0 N–H and O–H groups in total. The molecule has 0 bridgehead atoms. The van der Waals surface area contributed by atoms with E-state index in [1.807, 2.05) is 36.7 Å². The first-order chi connectivity index (χ1) is 11.7. The quantitative estimate of drug-likeness (QED) is 0.491. The van der Waals surface area contributed by atoms with E-state index in [4.69, 9.17) is 16.3 Å². The van der Waals surface area contributed by atoms with Crippen LogP contribution in [-0.2, 0) is 6.54 Å². The zero-order valence-corrected chi connectivity index (χ0v) is 14.3. The number of hydrogen-bond donors (Lipinski definition) is 0. The first kappa shape index (κ1) is 15.0. The fourth-order valence-corrected chi connectivity index (χ4v) is 3.58. The van der Waals surface area contributed by atoms with E-state index in [1.54, 1.807) is 7.11 Å². The minimum absolute atomic E-state index is 0.736. The third-order valence-corrected chi connectivity index (χ3v) is 4.66. The number of pyridine rings is 1. The van der Waals surface area contributed by atoms with Gasteiger partial charge in [0.25, 0.3) is 0 Å². The minimum atomic E-state index is 0.736. The number of aromatic nitrogens is 2. The van der Waals surface area contributed by atoms with Crippen LogP contribution in [0.3, 0.4) is 0 Å². The Morgan fingerprint density at radius 2 is 1.88 bits per heavy atom. The number of ether oxygens (including phenoxy) is 1. The van der Waals surface area contributed by atoms with Crippen LogP contribution < -0.4 is 4.74 Å². The van der Waals surface area contributed by atoms with Crippen molar-refractivity contribution in [2.75, 3.05) is 7.11 Å². The van der Waals surface area contributed by atoms with Crippen LogP contribution in [0.2, 0.25) is 5.02 Å². The summed E-state index contributed by atoms with van der Waals surface area (Å²) in [5.41, 5.74) is 4.56. The summed E-state index contributed by atoms with van der Waals surface area (Å²) >= 11 is 6.44. The molecule has 0 aliphatic rings. The summed E-state index contributed by atoms with van der Waals surface area (Å²) in [5, 5.41) is 3.08. The number of fused-ring (bicyclic) bond motifs is 3. The van der Waals surface area contributed by atoms with Gasteiger partial charge in [0, 0.05) is 34.1 Å². The molecule has 4 aromatic rings. The van der Waals surface area contributed by atoms with E-state index >= 15 is 0 Å². The molecule has 0 radical (unpaired) electrons. The second-order valence-corrected chi connectivity index (χ2v) is 6.15. The third-order valence-electron chi connectivity index (χ3n) is 4.44. The number of aryl methyl sites for hydroxylation is 1. The van der Waals surface area contributed by atoms with Crippen molar-refractivity contribution in [1.82, 2.24) is 9.55 Å². The molecule has 4 rings (SSSR count). The van der Waals surface area contributed by atoms with Crippen molar-refractivity contribution in [1.29, 1.82) is 0 Å². The summed E-state index contributed by atoms with van der Waals surface area (Å²) < 4.78 is 7.57. The Morgan fingerprint density at radius 3 is 2.58 bits per heavy atom. The number of rotatable bonds is 3. The number of methoxy groups -OCH3 is 1. The van der Waals surface area contributed by atoms with Crippen LogP contribution in [0.15, 0.2) is 54.9 Å². The van der Waals surface area contributed by atoms with E-state index in [-0.39, 0.29) is 0 Å². The molecule has 3 nitrogen and oxygen atoms in total. The lowest BCUT2D eigenvalue weighted by atomic mass is 10.0. The number of nitrogens with zero attached hydrogens (tertiary/aromatic N) is 2. The Balaban J connectivity index is 2.11. The fourth-order valence-electron chi connectivity index (χ4n) is 3.36. The normalized spacial score (nSPS) is 11.3. The molecule has 0 fully saturated rings. The Morgan fingerprint density at radius 1 is 1.08 bits per heavy atom. The van der Waals surface area contributed by atoms with E-state index in [1.165, 1.54) is 10.9 Å². The zero-order valence-electron chi connectivity index (χ0n) is 13.6. The van der Waals surface area contributed by atoms with E-state index < -0.39 is 0 Å². The standard InChI is InChI=1S/C20H17ClN2O/c1-3-23-19-12-22-9-8-16(19)18-11-14(21)10-17(20(18)23)13-4-6-15(24-2)7-5-13/h4-12H,3H2,1-2H3. The first-order valence-corrected chi connectivity index (χ1v) is 8.30. The van der Waals surface area contributed by atoms with Gasteiger partial charge in [-0.1, -0.05) is 23.7 Å². The molecular formula is C20H17ClN2O. The molecule has 2 heterocycles. The molecule has 0 saturated carbocycles. The van der Waals surface area contributed by atoms with Crippen LogP contribution in [-0.4, -0.2) is 16.7 Å². The van der Waals surface area contributed by atoms with Gasteiger partial charge in [-0.2, -0.15) is 0 Å². The highest BCUT2D eigenvalue weighted by molar-refractivity contribution is 6.32. The summed E-state index contributed by atoms with van der Waals surface area (Å²) in [7, 11) is 1.68. The number of hydrogen-bond acceptors (Lipinski definition) is 2. The van der Waals surface area contributed by atoms with Gasteiger partial charge in [0.05, 0.1) is 24.3 Å². The molecule has 0 amide bonds. The van der Waals surface area contributed by atoms with Crippen LogP contribution in [0.25, 0.3) is 32.9 Å². The van der Waals surface area contributed by atoms with Crippen LogP contribution in [0.1, 0.15) is 6.92 Å². The summed E-state index contributed by atoms with van der Waals surface area (Å²) in [4.78, 5) is 4.29. The average molecular weight is 337 g/mol. The van der Waals surface area contributed by atoms with Gasteiger partial charge in [-0.3, -0.25) is 4.98 Å². The van der Waals surface area contributed by atoms with Gasteiger partial charge in [-0.25, -0.2) is 0 Å². The van der Waals surface area contributed by atoms with Gasteiger partial charge in [0.2, 0.25) is 0 Å². The van der Waals surface area contributed by atoms with Crippen molar-refractivity contribution in [3.05, 3.63) is 59.9 Å². The van der Waals surface area contributed by atoms with Gasteiger partial charge in [-0.15, -0.1) is 0 Å². The smallest absolute Gasteiger partial charge is 0.118 e. The van der Waals surface area contributed by atoms with Crippen molar-refractivity contribution < 1.29 is 4.74 Å². The molecule has 2 aromatic carbocycles. The lowest BCUT2D eigenvalue weighted by Gasteiger charge is -2.10. The van der Waals surface area contributed by atoms with E-state index in [9.17, 15) is 0 Å². The predicted molar refractivity (Wildman–Crippen MR) is 99.9 cm³/mol.